The third kappa shape index (κ3) is 7.02. The third-order valence-corrected chi connectivity index (χ3v) is 4.02. The first-order valence-corrected chi connectivity index (χ1v) is 9.11. The zero-order valence-electron chi connectivity index (χ0n) is 16.4. The number of carbonyl (C=O) groups is 3. The Bertz CT molecular complexity index is 733. The highest BCUT2D eigenvalue weighted by Gasteiger charge is 2.24. The molecule has 0 aromatic heterocycles. The second-order valence-corrected chi connectivity index (χ2v) is 7.45. The molecule has 2 rings (SSSR count). The fourth-order valence-electron chi connectivity index (χ4n) is 2.60. The zero-order chi connectivity index (χ0) is 20.7. The molecule has 1 aliphatic rings. The molecular formula is C20H26FN3O4. The maximum Gasteiger partial charge on any atom is 0.408 e. The molecule has 1 saturated heterocycles. The average molecular weight is 391 g/mol. The first-order chi connectivity index (χ1) is 13.1. The molecule has 0 atom stereocenters. The van der Waals surface area contributed by atoms with Gasteiger partial charge in [0, 0.05) is 32.3 Å². The Morgan fingerprint density at radius 2 is 1.64 bits per heavy atom. The van der Waals surface area contributed by atoms with Crippen LogP contribution in [0.15, 0.2) is 30.3 Å². The summed E-state index contributed by atoms with van der Waals surface area (Å²) < 4.78 is 18.0. The van der Waals surface area contributed by atoms with E-state index in [1.54, 1.807) is 48.8 Å². The van der Waals surface area contributed by atoms with E-state index < -0.39 is 11.7 Å². The number of amides is 3. The molecule has 28 heavy (non-hydrogen) atoms. The van der Waals surface area contributed by atoms with Crippen molar-refractivity contribution in [2.45, 2.75) is 26.4 Å². The number of benzene rings is 1. The van der Waals surface area contributed by atoms with Gasteiger partial charge in [-0.15, -0.1) is 0 Å². The van der Waals surface area contributed by atoms with Crippen LogP contribution in [-0.2, 0) is 14.3 Å². The molecule has 0 spiro atoms. The predicted molar refractivity (Wildman–Crippen MR) is 103 cm³/mol. The van der Waals surface area contributed by atoms with Crippen LogP contribution in [0.4, 0.5) is 9.18 Å². The van der Waals surface area contributed by atoms with Gasteiger partial charge in [0.25, 0.3) is 0 Å². The molecule has 1 fully saturated rings. The number of nitrogens with zero attached hydrogens (tertiary/aromatic N) is 2. The van der Waals surface area contributed by atoms with Crippen LogP contribution in [-0.4, -0.2) is 66.0 Å². The van der Waals surface area contributed by atoms with Gasteiger partial charge in [0.1, 0.15) is 18.0 Å². The van der Waals surface area contributed by atoms with E-state index in [-0.39, 0.29) is 24.2 Å². The van der Waals surface area contributed by atoms with Gasteiger partial charge in [-0.05, 0) is 44.5 Å². The second kappa shape index (κ2) is 9.34. The minimum absolute atomic E-state index is 0.146. The van der Waals surface area contributed by atoms with Crippen LogP contribution in [0.1, 0.15) is 26.3 Å². The number of hydrogen-bond acceptors (Lipinski definition) is 4. The molecule has 1 aliphatic heterocycles. The second-order valence-electron chi connectivity index (χ2n) is 7.45. The first kappa shape index (κ1) is 21.4. The summed E-state index contributed by atoms with van der Waals surface area (Å²) in [7, 11) is 0. The Balaban J connectivity index is 1.75. The number of halogens is 1. The molecular weight excluding hydrogens is 365 g/mol. The van der Waals surface area contributed by atoms with Gasteiger partial charge in [0.2, 0.25) is 11.8 Å². The van der Waals surface area contributed by atoms with Crippen molar-refractivity contribution in [1.82, 2.24) is 15.1 Å². The van der Waals surface area contributed by atoms with Gasteiger partial charge in [-0.2, -0.15) is 0 Å². The Morgan fingerprint density at radius 1 is 1.07 bits per heavy atom. The summed E-state index contributed by atoms with van der Waals surface area (Å²) in [6, 6.07) is 5.85. The van der Waals surface area contributed by atoms with Crippen molar-refractivity contribution in [3.8, 4) is 0 Å². The third-order valence-electron chi connectivity index (χ3n) is 4.02. The first-order valence-electron chi connectivity index (χ1n) is 9.11. The van der Waals surface area contributed by atoms with Gasteiger partial charge in [-0.1, -0.05) is 12.1 Å². The highest BCUT2D eigenvalue weighted by Crippen LogP contribution is 2.08. The monoisotopic (exact) mass is 391 g/mol. The van der Waals surface area contributed by atoms with E-state index in [4.69, 9.17) is 4.74 Å². The van der Waals surface area contributed by atoms with Gasteiger partial charge in [0.15, 0.2) is 0 Å². The van der Waals surface area contributed by atoms with Crippen molar-refractivity contribution < 1.29 is 23.5 Å². The summed E-state index contributed by atoms with van der Waals surface area (Å²) in [5.41, 5.74) is 0.109. The van der Waals surface area contributed by atoms with Crippen molar-refractivity contribution in [2.75, 3.05) is 32.7 Å². The standard InChI is InChI=1S/C20H26FN3O4/c1-20(2,3)28-19(27)22-14-18(26)24-12-10-23(11-13-24)17(25)9-6-15-4-7-16(21)8-5-15/h4-9H,10-14H2,1-3H3,(H,22,27)/b9-6+. The number of alkyl carbamates (subject to hydrolysis) is 1. The molecule has 7 nitrogen and oxygen atoms in total. The molecule has 152 valence electrons. The number of hydrogen-bond donors (Lipinski definition) is 1. The SMILES string of the molecule is CC(C)(C)OC(=O)NCC(=O)N1CCN(C(=O)/C=C/c2ccc(F)cc2)CC1. The maximum atomic E-state index is 12.9. The lowest BCUT2D eigenvalue weighted by atomic mass is 10.2. The Labute approximate surface area is 164 Å². The van der Waals surface area contributed by atoms with Gasteiger partial charge in [-0.3, -0.25) is 9.59 Å². The molecule has 0 unspecified atom stereocenters. The fraction of sp³-hybridized carbons (Fsp3) is 0.450. The quantitative estimate of drug-likeness (QED) is 0.797. The topological polar surface area (TPSA) is 79.0 Å². The van der Waals surface area contributed by atoms with Crippen LogP contribution < -0.4 is 5.32 Å². The lowest BCUT2D eigenvalue weighted by Crippen LogP contribution is -2.52. The minimum Gasteiger partial charge on any atom is -0.444 e. The van der Waals surface area contributed by atoms with Crippen molar-refractivity contribution in [3.63, 3.8) is 0 Å². The van der Waals surface area contributed by atoms with E-state index in [2.05, 4.69) is 5.32 Å². The summed E-state index contributed by atoms with van der Waals surface area (Å²) in [6.45, 7) is 6.69. The van der Waals surface area contributed by atoms with Crippen LogP contribution in [0.2, 0.25) is 0 Å². The molecule has 8 heteroatoms. The fourth-order valence-corrected chi connectivity index (χ4v) is 2.60. The molecule has 1 aromatic carbocycles. The summed E-state index contributed by atoms with van der Waals surface area (Å²) in [5, 5.41) is 2.44. The van der Waals surface area contributed by atoms with Crippen molar-refractivity contribution >= 4 is 24.0 Å². The van der Waals surface area contributed by atoms with E-state index >= 15 is 0 Å². The maximum absolute atomic E-state index is 12.9. The Hall–Kier alpha value is -2.90. The molecule has 1 heterocycles. The minimum atomic E-state index is -0.638. The van der Waals surface area contributed by atoms with Gasteiger partial charge in [-0.25, -0.2) is 9.18 Å². The van der Waals surface area contributed by atoms with Gasteiger partial charge >= 0.3 is 6.09 Å². The lowest BCUT2D eigenvalue weighted by Gasteiger charge is -2.34. The molecule has 1 N–H and O–H groups in total. The number of ether oxygens (including phenoxy) is 1. The molecule has 0 aliphatic carbocycles. The van der Waals surface area contributed by atoms with E-state index in [9.17, 15) is 18.8 Å². The zero-order valence-corrected chi connectivity index (χ0v) is 16.4. The van der Waals surface area contributed by atoms with Gasteiger partial charge in [0.05, 0.1) is 0 Å². The van der Waals surface area contributed by atoms with Crippen molar-refractivity contribution in [1.29, 1.82) is 0 Å². The van der Waals surface area contributed by atoms with E-state index in [0.29, 0.717) is 26.2 Å². The molecule has 1 aromatic rings. The molecule has 0 radical (unpaired) electrons. The number of carbonyl (C=O) groups excluding carboxylic acids is 3. The van der Waals surface area contributed by atoms with Crippen LogP contribution in [0, 0.1) is 5.82 Å². The Morgan fingerprint density at radius 3 is 2.21 bits per heavy atom. The largest absolute Gasteiger partial charge is 0.444 e. The lowest BCUT2D eigenvalue weighted by molar-refractivity contribution is -0.136. The summed E-state index contributed by atoms with van der Waals surface area (Å²) in [6.07, 6.45) is 2.43. The van der Waals surface area contributed by atoms with Crippen molar-refractivity contribution in [2.24, 2.45) is 0 Å². The Kier molecular flexibility index (Phi) is 7.14. The predicted octanol–water partition coefficient (Wildman–Crippen LogP) is 2.03. The molecule has 0 saturated carbocycles. The van der Waals surface area contributed by atoms with Crippen LogP contribution in [0.25, 0.3) is 6.08 Å². The number of piperazine rings is 1. The van der Waals surface area contributed by atoms with Crippen LogP contribution in [0.5, 0.6) is 0 Å². The number of nitrogens with one attached hydrogen (secondary N) is 1. The van der Waals surface area contributed by atoms with E-state index in [0.717, 1.165) is 5.56 Å². The van der Waals surface area contributed by atoms with Crippen LogP contribution >= 0.6 is 0 Å². The highest BCUT2D eigenvalue weighted by atomic mass is 19.1. The van der Waals surface area contributed by atoms with E-state index in [1.165, 1.54) is 18.2 Å². The highest BCUT2D eigenvalue weighted by molar-refractivity contribution is 5.92. The summed E-state index contributed by atoms with van der Waals surface area (Å²) >= 11 is 0. The summed E-state index contributed by atoms with van der Waals surface area (Å²) in [5.74, 6) is -0.714. The van der Waals surface area contributed by atoms with E-state index in [1.807, 2.05) is 0 Å². The summed E-state index contributed by atoms with van der Waals surface area (Å²) in [4.78, 5) is 39.3. The van der Waals surface area contributed by atoms with Crippen LogP contribution in [0.3, 0.4) is 0 Å². The average Bonchev–Trinajstić information content (AvgIpc) is 2.64. The smallest absolute Gasteiger partial charge is 0.408 e. The van der Waals surface area contributed by atoms with Crippen molar-refractivity contribution in [3.05, 3.63) is 41.7 Å². The number of rotatable bonds is 4. The normalized spacial score (nSPS) is 14.9. The molecule has 3 amide bonds. The molecule has 0 bridgehead atoms. The van der Waals surface area contributed by atoms with Gasteiger partial charge < -0.3 is 19.9 Å².